The predicted octanol–water partition coefficient (Wildman–Crippen LogP) is 2.56. The van der Waals surface area contributed by atoms with Gasteiger partial charge in [0.25, 0.3) is 0 Å². The van der Waals surface area contributed by atoms with Crippen molar-refractivity contribution in [2.45, 2.75) is 38.6 Å². The van der Waals surface area contributed by atoms with Crippen LogP contribution in [0.15, 0.2) is 24.3 Å². The van der Waals surface area contributed by atoms with Crippen LogP contribution >= 0.6 is 0 Å². The highest BCUT2D eigenvalue weighted by atomic mass is 15.1. The highest BCUT2D eigenvalue weighted by Crippen LogP contribution is 2.13. The van der Waals surface area contributed by atoms with Crippen molar-refractivity contribution in [1.29, 1.82) is 0 Å². The van der Waals surface area contributed by atoms with Crippen LogP contribution in [-0.4, -0.2) is 24.5 Å². The number of benzene rings is 1. The minimum atomic E-state index is 0.663. The van der Waals surface area contributed by atoms with Gasteiger partial charge >= 0.3 is 0 Å². The first kappa shape index (κ1) is 12.6. The molecule has 2 N–H and O–H groups in total. The molecule has 1 heterocycles. The van der Waals surface area contributed by atoms with Crippen LogP contribution in [0.5, 0.6) is 0 Å². The van der Waals surface area contributed by atoms with Crippen molar-refractivity contribution in [3.63, 3.8) is 0 Å². The van der Waals surface area contributed by atoms with Crippen molar-refractivity contribution in [1.82, 2.24) is 4.90 Å². The Labute approximate surface area is 105 Å². The number of hydrogen-bond acceptors (Lipinski definition) is 2. The van der Waals surface area contributed by atoms with Crippen molar-refractivity contribution in [2.24, 2.45) is 5.73 Å². The zero-order chi connectivity index (χ0) is 11.9. The quantitative estimate of drug-likeness (QED) is 0.864. The Hall–Kier alpha value is -0.860. The fraction of sp³-hybridized carbons (Fsp3) is 0.600. The van der Waals surface area contributed by atoms with E-state index < -0.39 is 0 Å². The Morgan fingerprint density at radius 3 is 2.24 bits per heavy atom. The molecule has 17 heavy (non-hydrogen) atoms. The van der Waals surface area contributed by atoms with Gasteiger partial charge in [0, 0.05) is 13.1 Å². The third-order valence-corrected chi connectivity index (χ3v) is 3.73. The smallest absolute Gasteiger partial charge is 0.0180 e. The lowest BCUT2D eigenvalue weighted by Crippen LogP contribution is -2.27. The van der Waals surface area contributed by atoms with E-state index in [0.29, 0.717) is 6.54 Å². The molecule has 1 aliphatic heterocycles. The summed E-state index contributed by atoms with van der Waals surface area (Å²) < 4.78 is 0. The normalized spacial score (nSPS) is 17.9. The molecular weight excluding hydrogens is 208 g/mol. The van der Waals surface area contributed by atoms with E-state index in [4.69, 9.17) is 5.73 Å². The summed E-state index contributed by atoms with van der Waals surface area (Å²) in [6.07, 6.45) is 6.72. The first-order valence-corrected chi connectivity index (χ1v) is 6.89. The molecular formula is C15H24N2. The molecule has 0 saturated carbocycles. The van der Waals surface area contributed by atoms with E-state index in [2.05, 4.69) is 29.2 Å². The Morgan fingerprint density at radius 1 is 0.941 bits per heavy atom. The standard InChI is InChI=1S/C15H24N2/c16-13-15-8-4-3-7-14(15)9-12-17-10-5-1-2-6-11-17/h3-4,7-8H,1-2,5-6,9-13,16H2. The van der Waals surface area contributed by atoms with Gasteiger partial charge in [-0.3, -0.25) is 0 Å². The second kappa shape index (κ2) is 6.77. The second-order valence-electron chi connectivity index (χ2n) is 4.98. The third-order valence-electron chi connectivity index (χ3n) is 3.73. The van der Waals surface area contributed by atoms with Crippen molar-refractivity contribution in [2.75, 3.05) is 19.6 Å². The van der Waals surface area contributed by atoms with E-state index in [1.54, 1.807) is 0 Å². The molecule has 0 spiro atoms. The van der Waals surface area contributed by atoms with E-state index in [9.17, 15) is 0 Å². The van der Waals surface area contributed by atoms with E-state index in [0.717, 1.165) is 6.42 Å². The summed E-state index contributed by atoms with van der Waals surface area (Å²) in [7, 11) is 0. The molecule has 1 aliphatic rings. The highest BCUT2D eigenvalue weighted by molar-refractivity contribution is 5.27. The summed E-state index contributed by atoms with van der Waals surface area (Å²) >= 11 is 0. The van der Waals surface area contributed by atoms with Crippen LogP contribution in [-0.2, 0) is 13.0 Å². The summed E-state index contributed by atoms with van der Waals surface area (Å²) in [5.74, 6) is 0. The predicted molar refractivity (Wildman–Crippen MR) is 72.9 cm³/mol. The monoisotopic (exact) mass is 232 g/mol. The molecule has 1 fully saturated rings. The number of hydrogen-bond donors (Lipinski definition) is 1. The van der Waals surface area contributed by atoms with Gasteiger partial charge in [-0.1, -0.05) is 37.1 Å². The van der Waals surface area contributed by atoms with Crippen LogP contribution < -0.4 is 5.73 Å². The molecule has 0 amide bonds. The molecule has 94 valence electrons. The molecule has 1 aromatic rings. The zero-order valence-electron chi connectivity index (χ0n) is 10.7. The zero-order valence-corrected chi connectivity index (χ0v) is 10.7. The molecule has 0 unspecified atom stereocenters. The van der Waals surface area contributed by atoms with Crippen LogP contribution in [0.2, 0.25) is 0 Å². The first-order valence-electron chi connectivity index (χ1n) is 6.89. The minimum Gasteiger partial charge on any atom is -0.326 e. The van der Waals surface area contributed by atoms with Crippen LogP contribution in [0, 0.1) is 0 Å². The third kappa shape index (κ3) is 3.83. The maximum absolute atomic E-state index is 5.77. The minimum absolute atomic E-state index is 0.663. The molecule has 0 aliphatic carbocycles. The Kier molecular flexibility index (Phi) is 5.02. The van der Waals surface area contributed by atoms with Crippen LogP contribution in [0.25, 0.3) is 0 Å². The van der Waals surface area contributed by atoms with Crippen molar-refractivity contribution >= 4 is 0 Å². The van der Waals surface area contributed by atoms with E-state index in [-0.39, 0.29) is 0 Å². The summed E-state index contributed by atoms with van der Waals surface area (Å²) in [6, 6.07) is 8.58. The second-order valence-corrected chi connectivity index (χ2v) is 4.98. The van der Waals surface area contributed by atoms with Crippen molar-refractivity contribution < 1.29 is 0 Å². The first-order chi connectivity index (χ1) is 8.40. The molecule has 0 atom stereocenters. The van der Waals surface area contributed by atoms with E-state index >= 15 is 0 Å². The van der Waals surface area contributed by atoms with Gasteiger partial charge in [0.15, 0.2) is 0 Å². The summed E-state index contributed by atoms with van der Waals surface area (Å²) in [5.41, 5.74) is 8.51. The topological polar surface area (TPSA) is 29.3 Å². The lowest BCUT2D eigenvalue weighted by Gasteiger charge is -2.20. The van der Waals surface area contributed by atoms with Gasteiger partial charge in [0.1, 0.15) is 0 Å². The maximum atomic E-state index is 5.77. The summed E-state index contributed by atoms with van der Waals surface area (Å²) in [6.45, 7) is 4.42. The summed E-state index contributed by atoms with van der Waals surface area (Å²) in [4.78, 5) is 2.61. The van der Waals surface area contributed by atoms with Crippen molar-refractivity contribution in [3.8, 4) is 0 Å². The number of likely N-dealkylation sites (tertiary alicyclic amines) is 1. The molecule has 2 heteroatoms. The molecule has 0 aromatic heterocycles. The Morgan fingerprint density at radius 2 is 1.59 bits per heavy atom. The van der Waals surface area contributed by atoms with Crippen molar-refractivity contribution in [3.05, 3.63) is 35.4 Å². The van der Waals surface area contributed by atoms with E-state index in [1.165, 1.54) is 56.4 Å². The molecule has 0 radical (unpaired) electrons. The van der Waals surface area contributed by atoms with Gasteiger partial charge in [0.05, 0.1) is 0 Å². The highest BCUT2D eigenvalue weighted by Gasteiger charge is 2.09. The van der Waals surface area contributed by atoms with E-state index in [1.807, 2.05) is 0 Å². The van der Waals surface area contributed by atoms with Gasteiger partial charge in [0.2, 0.25) is 0 Å². The van der Waals surface area contributed by atoms with Gasteiger partial charge in [-0.05, 0) is 43.5 Å². The molecule has 2 nitrogen and oxygen atoms in total. The SMILES string of the molecule is NCc1ccccc1CCN1CCCCCC1. The van der Waals surface area contributed by atoms with Crippen LogP contribution in [0.4, 0.5) is 0 Å². The summed E-state index contributed by atoms with van der Waals surface area (Å²) in [5, 5.41) is 0. The lowest BCUT2D eigenvalue weighted by atomic mass is 10.0. The average molecular weight is 232 g/mol. The van der Waals surface area contributed by atoms with Crippen LogP contribution in [0.1, 0.15) is 36.8 Å². The maximum Gasteiger partial charge on any atom is 0.0180 e. The van der Waals surface area contributed by atoms with Crippen LogP contribution in [0.3, 0.4) is 0 Å². The Balaban J connectivity index is 1.87. The number of nitrogens with two attached hydrogens (primary N) is 1. The van der Waals surface area contributed by atoms with Gasteiger partial charge in [-0.2, -0.15) is 0 Å². The molecule has 2 rings (SSSR count). The number of nitrogens with zero attached hydrogens (tertiary/aromatic N) is 1. The van der Waals surface area contributed by atoms with Gasteiger partial charge in [-0.15, -0.1) is 0 Å². The molecule has 1 aromatic carbocycles. The Bertz CT molecular complexity index is 327. The van der Waals surface area contributed by atoms with Gasteiger partial charge in [-0.25, -0.2) is 0 Å². The molecule has 0 bridgehead atoms. The fourth-order valence-corrected chi connectivity index (χ4v) is 2.64. The number of rotatable bonds is 4. The van der Waals surface area contributed by atoms with Gasteiger partial charge < -0.3 is 10.6 Å². The molecule has 1 saturated heterocycles. The largest absolute Gasteiger partial charge is 0.326 e. The average Bonchev–Trinajstić information content (AvgIpc) is 2.65. The fourth-order valence-electron chi connectivity index (χ4n) is 2.64. The lowest BCUT2D eigenvalue weighted by molar-refractivity contribution is 0.288.